The minimum Gasteiger partial charge on any atom is -0.388 e. The van der Waals surface area contributed by atoms with Crippen LogP contribution < -0.4 is 10.6 Å². The molecule has 0 bridgehead atoms. The average molecular weight is 475 g/mol. The largest absolute Gasteiger partial charge is 0.388 e. The van der Waals surface area contributed by atoms with Crippen LogP contribution in [0.2, 0.25) is 0 Å². The van der Waals surface area contributed by atoms with E-state index in [-0.39, 0.29) is 12.6 Å². The van der Waals surface area contributed by atoms with Crippen LogP contribution >= 0.6 is 7.60 Å². The number of carbonyl (C=O) groups is 1. The Balaban J connectivity index is 1.80. The van der Waals surface area contributed by atoms with Crippen LogP contribution in [-0.4, -0.2) is 72.8 Å². The Morgan fingerprint density at radius 1 is 1.28 bits per heavy atom. The van der Waals surface area contributed by atoms with Gasteiger partial charge in [-0.15, -0.1) is 0 Å². The van der Waals surface area contributed by atoms with Crippen molar-refractivity contribution in [3.05, 3.63) is 23.5 Å². The van der Waals surface area contributed by atoms with Crippen LogP contribution in [0.4, 0.5) is 4.79 Å². The first-order valence-electron chi connectivity index (χ1n) is 10.6. The molecule has 0 saturated carbocycles. The quantitative estimate of drug-likeness (QED) is 0.294. The number of carbonyl (C=O) groups excluding carboxylic acids is 1. The molecule has 0 aromatic carbocycles. The molecule has 8 atom stereocenters. The predicted molar refractivity (Wildman–Crippen MR) is 115 cm³/mol. The fourth-order valence-corrected chi connectivity index (χ4v) is 5.35. The van der Waals surface area contributed by atoms with Crippen molar-refractivity contribution in [1.29, 1.82) is 0 Å². The summed E-state index contributed by atoms with van der Waals surface area (Å²) in [5.41, 5.74) is 0.320. The lowest BCUT2D eigenvalue weighted by molar-refractivity contribution is -0.105. The van der Waals surface area contributed by atoms with Crippen LogP contribution in [0.5, 0.6) is 0 Å². The van der Waals surface area contributed by atoms with Gasteiger partial charge in [0.05, 0.1) is 11.7 Å². The van der Waals surface area contributed by atoms with Crippen molar-refractivity contribution < 1.29 is 38.8 Å². The maximum Gasteiger partial charge on any atom is 0.359 e. The Bertz CT molecular complexity index is 873. The van der Waals surface area contributed by atoms with E-state index in [0.29, 0.717) is 0 Å². The van der Waals surface area contributed by atoms with Crippen molar-refractivity contribution >= 4 is 13.6 Å². The van der Waals surface area contributed by atoms with Gasteiger partial charge in [-0.25, -0.2) is 4.79 Å². The van der Waals surface area contributed by atoms with E-state index in [4.69, 9.17) is 9.26 Å². The summed E-state index contributed by atoms with van der Waals surface area (Å²) in [6, 6.07) is -0.506. The fourth-order valence-electron chi connectivity index (χ4n) is 3.95. The number of ether oxygens (including phenoxy) is 1. The molecule has 3 aliphatic rings. The molecule has 1 fully saturated rings. The lowest BCUT2D eigenvalue weighted by atomic mass is 9.85. The third-order valence-corrected chi connectivity index (χ3v) is 8.91. The van der Waals surface area contributed by atoms with Crippen molar-refractivity contribution in [3.63, 3.8) is 0 Å². The molecule has 182 valence electrons. The number of aliphatic hydroxyl groups is 3. The van der Waals surface area contributed by atoms with Crippen LogP contribution in [0.15, 0.2) is 23.5 Å². The molecule has 32 heavy (non-hydrogen) atoms. The van der Waals surface area contributed by atoms with Gasteiger partial charge in [0.2, 0.25) is 0 Å². The van der Waals surface area contributed by atoms with Gasteiger partial charge in [-0.2, -0.15) is 0 Å². The molecule has 11 nitrogen and oxygen atoms in total. The first kappa shape index (κ1) is 25.2. The molecule has 2 amide bonds. The summed E-state index contributed by atoms with van der Waals surface area (Å²) < 4.78 is 24.1. The molecule has 6 N–H and O–H groups in total. The maximum absolute atomic E-state index is 12.7. The van der Waals surface area contributed by atoms with Crippen LogP contribution in [0, 0.1) is 5.92 Å². The summed E-state index contributed by atoms with van der Waals surface area (Å²) in [5, 5.41) is 35.5. The number of allylic oxidation sites excluding steroid dienone is 1. The van der Waals surface area contributed by atoms with Gasteiger partial charge in [-0.05, 0) is 40.2 Å². The molecule has 12 heteroatoms. The molecular weight excluding hydrogens is 441 g/mol. The molecule has 0 radical (unpaired) electrons. The van der Waals surface area contributed by atoms with E-state index in [1.807, 2.05) is 13.0 Å². The van der Waals surface area contributed by atoms with E-state index in [9.17, 15) is 29.6 Å². The number of hydrogen-bond acceptors (Lipinski definition) is 8. The van der Waals surface area contributed by atoms with Crippen molar-refractivity contribution in [3.8, 4) is 0 Å². The Labute approximate surface area is 187 Å². The summed E-state index contributed by atoms with van der Waals surface area (Å²) in [5.74, 6) is -0.700. The van der Waals surface area contributed by atoms with Gasteiger partial charge in [0.1, 0.15) is 18.4 Å². The number of urea groups is 1. The zero-order valence-corrected chi connectivity index (χ0v) is 20.0. The topological polar surface area (TPSA) is 161 Å². The molecule has 0 aliphatic carbocycles. The highest BCUT2D eigenvalue weighted by molar-refractivity contribution is 7.54. The van der Waals surface area contributed by atoms with Crippen molar-refractivity contribution in [2.75, 3.05) is 0 Å². The predicted octanol–water partition coefficient (Wildman–Crippen LogP) is 0.910. The van der Waals surface area contributed by atoms with Gasteiger partial charge < -0.3 is 40.1 Å². The molecule has 3 heterocycles. The van der Waals surface area contributed by atoms with Crippen molar-refractivity contribution in [2.45, 2.75) is 89.6 Å². The van der Waals surface area contributed by atoms with E-state index in [1.54, 1.807) is 33.9 Å². The minimum atomic E-state index is -4.46. The van der Waals surface area contributed by atoms with E-state index >= 15 is 0 Å². The summed E-state index contributed by atoms with van der Waals surface area (Å²) in [7, 11) is -4.46. The van der Waals surface area contributed by atoms with E-state index < -0.39 is 55.0 Å². The Morgan fingerprint density at radius 2 is 1.91 bits per heavy atom. The lowest BCUT2D eigenvalue weighted by Crippen LogP contribution is -2.56. The summed E-state index contributed by atoms with van der Waals surface area (Å²) in [4.78, 5) is 24.1. The van der Waals surface area contributed by atoms with E-state index in [1.165, 1.54) is 11.8 Å². The fraction of sp³-hybridized carbons (Fsp3) is 0.750. The van der Waals surface area contributed by atoms with Gasteiger partial charge in [0.15, 0.2) is 11.6 Å². The second kappa shape index (κ2) is 8.39. The SMILES string of the molecule is CCC(C)(O)P(=O)(O)OC(C)(C)C(C)C1OC(N2C=C3C=C(C)NC3NC2=O)C(O)C1O. The highest BCUT2D eigenvalue weighted by Crippen LogP contribution is 2.59. The first-order valence-corrected chi connectivity index (χ1v) is 12.2. The average Bonchev–Trinajstić information content (AvgIpc) is 3.18. The smallest absolute Gasteiger partial charge is 0.359 e. The normalized spacial score (nSPS) is 35.1. The second-order valence-corrected chi connectivity index (χ2v) is 11.6. The molecule has 8 unspecified atom stereocenters. The van der Waals surface area contributed by atoms with Crippen LogP contribution in [0.3, 0.4) is 0 Å². The van der Waals surface area contributed by atoms with Crippen molar-refractivity contribution in [2.24, 2.45) is 5.92 Å². The van der Waals surface area contributed by atoms with Crippen LogP contribution in [-0.2, 0) is 13.8 Å². The lowest BCUT2D eigenvalue weighted by Gasteiger charge is -2.40. The summed E-state index contributed by atoms with van der Waals surface area (Å²) in [6.45, 7) is 9.36. The highest BCUT2D eigenvalue weighted by Gasteiger charge is 2.54. The molecule has 3 rings (SSSR count). The van der Waals surface area contributed by atoms with E-state index in [0.717, 1.165) is 11.3 Å². The van der Waals surface area contributed by atoms with E-state index in [2.05, 4.69) is 10.6 Å². The van der Waals surface area contributed by atoms with Gasteiger partial charge >= 0.3 is 13.6 Å². The summed E-state index contributed by atoms with van der Waals surface area (Å²) in [6.07, 6.45) is -1.95. The van der Waals surface area contributed by atoms with Gasteiger partial charge in [-0.1, -0.05) is 13.8 Å². The Hall–Kier alpha value is -1.46. The second-order valence-electron chi connectivity index (χ2n) is 9.44. The third kappa shape index (κ3) is 4.35. The molecule has 1 saturated heterocycles. The first-order chi connectivity index (χ1) is 14.6. The third-order valence-electron chi connectivity index (χ3n) is 6.66. The number of fused-ring (bicyclic) bond motifs is 1. The zero-order chi connectivity index (χ0) is 24.2. The number of amides is 2. The zero-order valence-electron chi connectivity index (χ0n) is 19.1. The number of hydrogen-bond donors (Lipinski definition) is 6. The molecule has 0 aromatic rings. The highest BCUT2D eigenvalue weighted by atomic mass is 31.2. The number of nitrogens with zero attached hydrogens (tertiary/aromatic N) is 1. The Morgan fingerprint density at radius 3 is 2.50 bits per heavy atom. The molecule has 0 aromatic heterocycles. The maximum atomic E-state index is 12.7. The van der Waals surface area contributed by atoms with Crippen molar-refractivity contribution in [1.82, 2.24) is 15.5 Å². The van der Waals surface area contributed by atoms with Crippen LogP contribution in [0.1, 0.15) is 48.0 Å². The number of aliphatic hydroxyl groups excluding tert-OH is 2. The number of nitrogens with one attached hydrogen (secondary N) is 2. The molecule has 0 spiro atoms. The standard InChI is InChI=1S/C20H34N3O8P/c1-7-20(6,27)32(28,29)31-19(4,5)11(3)15-13(24)14(25)17(30-15)23-9-12-8-10(2)21-16(12)22-18(23)26/h8-9,11,13-17,21,24-25,27H,7H2,1-6H3,(H,22,26)(H,28,29). The minimum absolute atomic E-state index is 0.00289. The molecule has 3 aliphatic heterocycles. The molecular formula is C20H34N3O8P. The number of rotatable bonds is 7. The van der Waals surface area contributed by atoms with Gasteiger partial charge in [0.25, 0.3) is 0 Å². The summed E-state index contributed by atoms with van der Waals surface area (Å²) >= 11 is 0. The van der Waals surface area contributed by atoms with Gasteiger partial charge in [-0.3, -0.25) is 9.46 Å². The van der Waals surface area contributed by atoms with Crippen LogP contribution in [0.25, 0.3) is 0 Å². The Kier molecular flexibility index (Phi) is 6.60. The monoisotopic (exact) mass is 475 g/mol. The van der Waals surface area contributed by atoms with Gasteiger partial charge in [0, 0.05) is 23.4 Å².